The van der Waals surface area contributed by atoms with Gasteiger partial charge >= 0.3 is 6.01 Å². The lowest BCUT2D eigenvalue weighted by atomic mass is 10.5. The van der Waals surface area contributed by atoms with Gasteiger partial charge in [-0.05, 0) is 31.8 Å². The molecule has 0 aliphatic carbocycles. The maximum absolute atomic E-state index is 5.79. The second kappa shape index (κ2) is 4.67. The lowest BCUT2D eigenvalue weighted by Crippen LogP contribution is -2.30. The summed E-state index contributed by atoms with van der Waals surface area (Å²) in [6, 6.07) is 3.63. The Balaban J connectivity index is 2.79. The summed E-state index contributed by atoms with van der Waals surface area (Å²) in [6.07, 6.45) is 1.80. The zero-order valence-electron chi connectivity index (χ0n) is 11.2. The summed E-state index contributed by atoms with van der Waals surface area (Å²) in [5, 5.41) is 0. The monoisotopic (exact) mass is 254 g/mol. The van der Waals surface area contributed by atoms with Gasteiger partial charge in [0.25, 0.3) is 0 Å². The molecular formula is C11H22N2OSi2. The van der Waals surface area contributed by atoms with E-state index in [9.17, 15) is 0 Å². The van der Waals surface area contributed by atoms with Crippen LogP contribution in [-0.2, 0) is 6.04 Å². The van der Waals surface area contributed by atoms with E-state index in [0.29, 0.717) is 6.01 Å². The van der Waals surface area contributed by atoms with E-state index in [1.54, 1.807) is 6.20 Å². The third kappa shape index (κ3) is 5.41. The highest BCUT2D eigenvalue weighted by atomic mass is 28.4. The van der Waals surface area contributed by atoms with Crippen molar-refractivity contribution in [1.82, 2.24) is 9.97 Å². The van der Waals surface area contributed by atoms with Crippen LogP contribution in [0.25, 0.3) is 0 Å². The normalized spacial score (nSPS) is 12.6. The SMILES string of the molecule is C[Si](C)(C)Cc1ccnc(O[Si](C)(C)C)n1. The van der Waals surface area contributed by atoms with Crippen LogP contribution in [0.3, 0.4) is 0 Å². The Bertz CT molecular complexity index is 324. The van der Waals surface area contributed by atoms with Crippen LogP contribution in [-0.4, -0.2) is 26.4 Å². The molecule has 1 aromatic rings. The molecule has 1 aromatic heterocycles. The third-order valence-electron chi connectivity index (χ3n) is 1.80. The molecule has 0 bridgehead atoms. The number of hydrogen-bond donors (Lipinski definition) is 0. The first kappa shape index (κ1) is 13.4. The number of rotatable bonds is 4. The molecule has 0 atom stereocenters. The fraction of sp³-hybridized carbons (Fsp3) is 0.636. The first-order valence-corrected chi connectivity index (χ1v) is 12.8. The number of nitrogens with zero attached hydrogens (tertiary/aromatic N) is 2. The van der Waals surface area contributed by atoms with E-state index >= 15 is 0 Å². The quantitative estimate of drug-likeness (QED) is 0.774. The lowest BCUT2D eigenvalue weighted by Gasteiger charge is -2.19. The maximum Gasteiger partial charge on any atom is 0.302 e. The van der Waals surface area contributed by atoms with E-state index in [-0.39, 0.29) is 0 Å². The summed E-state index contributed by atoms with van der Waals surface area (Å²) in [6.45, 7) is 13.4. The summed E-state index contributed by atoms with van der Waals surface area (Å²) < 4.78 is 5.79. The van der Waals surface area contributed by atoms with Crippen molar-refractivity contribution in [1.29, 1.82) is 0 Å². The van der Waals surface area contributed by atoms with Crippen LogP contribution in [0.15, 0.2) is 12.3 Å². The predicted octanol–water partition coefficient (Wildman–Crippen LogP) is 3.11. The molecule has 1 rings (SSSR count). The molecular weight excluding hydrogens is 232 g/mol. The molecule has 0 spiro atoms. The van der Waals surface area contributed by atoms with E-state index in [2.05, 4.69) is 49.3 Å². The van der Waals surface area contributed by atoms with Gasteiger partial charge in [-0.25, -0.2) is 9.97 Å². The van der Waals surface area contributed by atoms with Crippen molar-refractivity contribution in [2.75, 3.05) is 0 Å². The zero-order chi connectivity index (χ0) is 12.4. The first-order chi connectivity index (χ1) is 7.16. The van der Waals surface area contributed by atoms with Crippen LogP contribution in [0, 0.1) is 0 Å². The molecule has 0 saturated heterocycles. The molecule has 0 aromatic carbocycles. The lowest BCUT2D eigenvalue weighted by molar-refractivity contribution is 0.506. The van der Waals surface area contributed by atoms with Gasteiger partial charge in [-0.15, -0.1) is 0 Å². The smallest absolute Gasteiger partial charge is 0.302 e. The summed E-state index contributed by atoms with van der Waals surface area (Å²) in [5.74, 6) is 0. The Morgan fingerprint density at radius 3 is 2.25 bits per heavy atom. The largest absolute Gasteiger partial charge is 0.518 e. The minimum absolute atomic E-state index is 0.551. The van der Waals surface area contributed by atoms with Crippen LogP contribution < -0.4 is 4.43 Å². The zero-order valence-corrected chi connectivity index (χ0v) is 13.2. The Morgan fingerprint density at radius 1 is 1.12 bits per heavy atom. The minimum Gasteiger partial charge on any atom is -0.518 e. The van der Waals surface area contributed by atoms with Gasteiger partial charge in [0, 0.05) is 11.9 Å². The molecule has 16 heavy (non-hydrogen) atoms. The van der Waals surface area contributed by atoms with Crippen LogP contribution in [0.1, 0.15) is 5.69 Å². The summed E-state index contributed by atoms with van der Waals surface area (Å²) in [5.41, 5.74) is 1.11. The molecule has 0 aliphatic heterocycles. The molecule has 0 fully saturated rings. The van der Waals surface area contributed by atoms with Crippen LogP contribution in [0.2, 0.25) is 39.3 Å². The van der Waals surface area contributed by atoms with Gasteiger partial charge in [0.2, 0.25) is 8.32 Å². The molecule has 0 radical (unpaired) electrons. The first-order valence-electron chi connectivity index (χ1n) is 5.67. The molecule has 0 unspecified atom stereocenters. The Kier molecular flexibility index (Phi) is 3.90. The van der Waals surface area contributed by atoms with Crippen molar-refractivity contribution < 1.29 is 4.43 Å². The van der Waals surface area contributed by atoms with Gasteiger partial charge in [-0.2, -0.15) is 0 Å². The van der Waals surface area contributed by atoms with Gasteiger partial charge in [0.05, 0.1) is 8.07 Å². The average Bonchev–Trinajstić information content (AvgIpc) is 1.96. The highest BCUT2D eigenvalue weighted by Crippen LogP contribution is 2.13. The van der Waals surface area contributed by atoms with E-state index in [1.165, 1.54) is 0 Å². The predicted molar refractivity (Wildman–Crippen MR) is 73.1 cm³/mol. The van der Waals surface area contributed by atoms with Crippen molar-refractivity contribution in [2.45, 2.75) is 45.3 Å². The van der Waals surface area contributed by atoms with Gasteiger partial charge in [0.1, 0.15) is 0 Å². The van der Waals surface area contributed by atoms with Crippen LogP contribution in [0.5, 0.6) is 6.01 Å². The topological polar surface area (TPSA) is 35.0 Å². The van der Waals surface area contributed by atoms with Crippen molar-refractivity contribution >= 4 is 16.4 Å². The van der Waals surface area contributed by atoms with Crippen molar-refractivity contribution in [3.8, 4) is 6.01 Å². The van der Waals surface area contributed by atoms with E-state index in [0.717, 1.165) is 11.7 Å². The summed E-state index contributed by atoms with van der Waals surface area (Å²) >= 11 is 0. The fourth-order valence-corrected chi connectivity index (χ4v) is 3.27. The molecule has 5 heteroatoms. The van der Waals surface area contributed by atoms with Gasteiger partial charge < -0.3 is 4.43 Å². The Morgan fingerprint density at radius 2 is 1.75 bits per heavy atom. The van der Waals surface area contributed by atoms with Crippen molar-refractivity contribution in [3.63, 3.8) is 0 Å². The molecule has 0 N–H and O–H groups in total. The van der Waals surface area contributed by atoms with Gasteiger partial charge in [-0.1, -0.05) is 19.6 Å². The number of hydrogen-bond acceptors (Lipinski definition) is 3. The fourth-order valence-electron chi connectivity index (χ4n) is 1.34. The average molecular weight is 254 g/mol. The molecule has 90 valence electrons. The van der Waals surface area contributed by atoms with Crippen LogP contribution >= 0.6 is 0 Å². The highest BCUT2D eigenvalue weighted by molar-refractivity contribution is 6.75. The molecule has 1 heterocycles. The maximum atomic E-state index is 5.79. The standard InChI is InChI=1S/C11H22N2OSi2/c1-15(2,3)9-10-7-8-12-11(13-10)14-16(4,5)6/h7-8H,9H2,1-6H3. The second-order valence-corrected chi connectivity index (χ2v) is 16.2. The van der Waals surface area contributed by atoms with E-state index < -0.39 is 16.4 Å². The Labute approximate surface area is 100 Å². The molecule has 3 nitrogen and oxygen atoms in total. The van der Waals surface area contributed by atoms with Gasteiger partial charge in [-0.3, -0.25) is 0 Å². The molecule has 0 aliphatic rings. The number of aromatic nitrogens is 2. The van der Waals surface area contributed by atoms with E-state index in [1.807, 2.05) is 6.07 Å². The van der Waals surface area contributed by atoms with Crippen molar-refractivity contribution in [3.05, 3.63) is 18.0 Å². The van der Waals surface area contributed by atoms with Gasteiger partial charge in [0.15, 0.2) is 0 Å². The minimum atomic E-state index is -1.59. The molecule has 0 amide bonds. The third-order valence-corrected chi connectivity index (χ3v) is 4.02. The van der Waals surface area contributed by atoms with Crippen molar-refractivity contribution in [2.24, 2.45) is 0 Å². The highest BCUT2D eigenvalue weighted by Gasteiger charge is 2.19. The Hall–Kier alpha value is -0.686. The second-order valence-electron chi connectivity index (χ2n) is 6.28. The van der Waals surface area contributed by atoms with E-state index in [4.69, 9.17) is 4.43 Å². The summed E-state index contributed by atoms with van der Waals surface area (Å²) in [4.78, 5) is 8.65. The summed E-state index contributed by atoms with van der Waals surface area (Å²) in [7, 11) is -2.71. The molecule has 0 saturated carbocycles. The van der Waals surface area contributed by atoms with Crippen LogP contribution in [0.4, 0.5) is 0 Å².